The first-order valence-corrected chi connectivity index (χ1v) is 5.02. The van der Waals surface area contributed by atoms with Crippen LogP contribution < -0.4 is 5.32 Å². The minimum atomic E-state index is -0.912. The average molecular weight is 223 g/mol. The lowest BCUT2D eigenvalue weighted by atomic mass is 9.90. The largest absolute Gasteiger partial charge is 0.504 e. The number of hydrogen-bond donors (Lipinski definition) is 4. The first-order valence-electron chi connectivity index (χ1n) is 5.02. The zero-order chi connectivity index (χ0) is 11.9. The second-order valence-corrected chi connectivity index (χ2v) is 4.02. The Morgan fingerprint density at radius 3 is 2.62 bits per heavy atom. The number of fused-ring (bicyclic) bond motifs is 1. The van der Waals surface area contributed by atoms with Crippen LogP contribution in [0.2, 0.25) is 0 Å². The van der Waals surface area contributed by atoms with E-state index in [0.717, 1.165) is 11.1 Å². The van der Waals surface area contributed by atoms with Crippen molar-refractivity contribution in [2.45, 2.75) is 25.4 Å². The molecule has 1 aromatic rings. The topological polar surface area (TPSA) is 89.8 Å². The summed E-state index contributed by atoms with van der Waals surface area (Å²) in [6.07, 6.45) is 0.308. The molecular formula is C11H13NO4. The van der Waals surface area contributed by atoms with E-state index < -0.39 is 12.0 Å². The van der Waals surface area contributed by atoms with Crippen molar-refractivity contribution < 1.29 is 20.1 Å². The fraction of sp³-hybridized carbons (Fsp3) is 0.364. The predicted molar refractivity (Wildman–Crippen MR) is 56.5 cm³/mol. The van der Waals surface area contributed by atoms with Crippen LogP contribution in [0.5, 0.6) is 11.5 Å². The van der Waals surface area contributed by atoms with Gasteiger partial charge in [-0.3, -0.25) is 10.1 Å². The molecule has 0 amide bonds. The normalized spacial score (nSPS) is 23.8. The molecular weight excluding hydrogens is 210 g/mol. The first-order chi connectivity index (χ1) is 7.49. The molecule has 0 radical (unpaired) electrons. The second-order valence-electron chi connectivity index (χ2n) is 4.02. The minimum absolute atomic E-state index is 0.156. The molecule has 2 atom stereocenters. The van der Waals surface area contributed by atoms with Gasteiger partial charge in [0, 0.05) is 6.04 Å². The van der Waals surface area contributed by atoms with Crippen LogP contribution in [0.4, 0.5) is 0 Å². The van der Waals surface area contributed by atoms with Gasteiger partial charge in [-0.1, -0.05) is 0 Å². The molecule has 1 aromatic carbocycles. The van der Waals surface area contributed by atoms with Gasteiger partial charge in [0.25, 0.3) is 0 Å². The molecule has 1 aliphatic rings. The standard InChI is InChI=1S/C11H13NO4/c1-5-7-4-10(14)9(13)3-6(7)2-8(12-5)11(15)16/h3-5,8,12-14H,2H2,1H3,(H,15,16)/t5?,8-/m0/s1. The molecule has 86 valence electrons. The number of benzene rings is 1. The van der Waals surface area contributed by atoms with Gasteiger partial charge in [0.15, 0.2) is 11.5 Å². The molecule has 0 saturated carbocycles. The highest BCUT2D eigenvalue weighted by Gasteiger charge is 2.28. The summed E-state index contributed by atoms with van der Waals surface area (Å²) in [6, 6.07) is 2.10. The van der Waals surface area contributed by atoms with Crippen LogP contribution >= 0.6 is 0 Å². The Bertz CT molecular complexity index is 444. The van der Waals surface area contributed by atoms with Crippen molar-refractivity contribution in [3.8, 4) is 11.5 Å². The van der Waals surface area contributed by atoms with Crippen LogP contribution in [0.15, 0.2) is 12.1 Å². The SMILES string of the molecule is CC1N[C@H](C(=O)O)Cc2cc(O)c(O)cc21. The van der Waals surface area contributed by atoms with E-state index in [0.29, 0.717) is 6.42 Å². The Hall–Kier alpha value is -1.75. The summed E-state index contributed by atoms with van der Waals surface area (Å²) in [6.45, 7) is 1.82. The van der Waals surface area contributed by atoms with Crippen LogP contribution in [0.3, 0.4) is 0 Å². The maximum absolute atomic E-state index is 10.9. The number of hydrogen-bond acceptors (Lipinski definition) is 4. The third kappa shape index (κ3) is 1.69. The third-order valence-corrected chi connectivity index (χ3v) is 2.88. The number of phenolic OH excluding ortho intramolecular Hbond substituents is 2. The summed E-state index contributed by atoms with van der Waals surface area (Å²) in [5.74, 6) is -1.30. The van der Waals surface area contributed by atoms with Crippen LogP contribution in [0.1, 0.15) is 24.1 Å². The molecule has 0 fully saturated rings. The van der Waals surface area contributed by atoms with Gasteiger partial charge < -0.3 is 15.3 Å². The third-order valence-electron chi connectivity index (χ3n) is 2.88. The molecule has 0 aromatic heterocycles. The lowest BCUT2D eigenvalue weighted by Gasteiger charge is -2.29. The van der Waals surface area contributed by atoms with E-state index in [1.807, 2.05) is 6.92 Å². The summed E-state index contributed by atoms with van der Waals surface area (Å²) < 4.78 is 0. The fourth-order valence-electron chi connectivity index (χ4n) is 2.05. The number of aliphatic carboxylic acids is 1. The van der Waals surface area contributed by atoms with Crippen molar-refractivity contribution >= 4 is 5.97 Å². The molecule has 0 saturated heterocycles. The van der Waals surface area contributed by atoms with Crippen LogP contribution in [0, 0.1) is 0 Å². The second kappa shape index (κ2) is 3.68. The van der Waals surface area contributed by atoms with Crippen molar-refractivity contribution in [3.63, 3.8) is 0 Å². The molecule has 1 unspecified atom stereocenters. The van der Waals surface area contributed by atoms with Gasteiger partial charge in [-0.25, -0.2) is 0 Å². The van der Waals surface area contributed by atoms with E-state index >= 15 is 0 Å². The lowest BCUT2D eigenvalue weighted by Crippen LogP contribution is -2.43. The predicted octanol–water partition coefficient (Wildman–Crippen LogP) is 0.758. The van der Waals surface area contributed by atoms with E-state index in [9.17, 15) is 15.0 Å². The summed E-state index contributed by atoms with van der Waals surface area (Å²) in [7, 11) is 0. The van der Waals surface area contributed by atoms with Crippen molar-refractivity contribution in [1.82, 2.24) is 5.32 Å². The summed E-state index contributed by atoms with van der Waals surface area (Å²) in [5.41, 5.74) is 1.58. The zero-order valence-electron chi connectivity index (χ0n) is 8.77. The van der Waals surface area contributed by atoms with Gasteiger partial charge in [-0.2, -0.15) is 0 Å². The highest BCUT2D eigenvalue weighted by Crippen LogP contribution is 2.34. The van der Waals surface area contributed by atoms with Gasteiger partial charge in [-0.15, -0.1) is 0 Å². The van der Waals surface area contributed by atoms with E-state index in [1.54, 1.807) is 0 Å². The number of aromatic hydroxyl groups is 2. The van der Waals surface area contributed by atoms with Gasteiger partial charge in [-0.05, 0) is 36.6 Å². The van der Waals surface area contributed by atoms with Crippen molar-refractivity contribution in [1.29, 1.82) is 0 Å². The molecule has 5 heteroatoms. The van der Waals surface area contributed by atoms with E-state index in [1.165, 1.54) is 12.1 Å². The number of carboxylic acids is 1. The monoisotopic (exact) mass is 223 g/mol. The summed E-state index contributed by atoms with van der Waals surface area (Å²) in [5, 5.41) is 30.6. The fourth-order valence-corrected chi connectivity index (χ4v) is 2.05. The molecule has 5 nitrogen and oxygen atoms in total. The van der Waals surface area contributed by atoms with E-state index in [4.69, 9.17) is 5.11 Å². The highest BCUT2D eigenvalue weighted by molar-refractivity contribution is 5.74. The maximum atomic E-state index is 10.9. The Labute approximate surface area is 92.3 Å². The average Bonchev–Trinajstić information content (AvgIpc) is 2.20. The number of nitrogens with one attached hydrogen (secondary N) is 1. The van der Waals surface area contributed by atoms with Crippen molar-refractivity contribution in [3.05, 3.63) is 23.3 Å². The number of carboxylic acid groups (broad SMARTS) is 1. The lowest BCUT2D eigenvalue weighted by molar-refractivity contribution is -0.139. The summed E-state index contributed by atoms with van der Waals surface area (Å²) >= 11 is 0. The Morgan fingerprint density at radius 1 is 1.38 bits per heavy atom. The Morgan fingerprint density at radius 2 is 2.00 bits per heavy atom. The molecule has 0 spiro atoms. The maximum Gasteiger partial charge on any atom is 0.321 e. The Kier molecular flexibility index (Phi) is 2.47. The number of rotatable bonds is 1. The molecule has 2 rings (SSSR count). The Balaban J connectivity index is 2.42. The van der Waals surface area contributed by atoms with Crippen LogP contribution in [0.25, 0.3) is 0 Å². The van der Waals surface area contributed by atoms with Crippen LogP contribution in [-0.2, 0) is 11.2 Å². The zero-order valence-corrected chi connectivity index (χ0v) is 8.77. The van der Waals surface area contributed by atoms with Crippen LogP contribution in [-0.4, -0.2) is 27.3 Å². The molecule has 0 aliphatic carbocycles. The highest BCUT2D eigenvalue weighted by atomic mass is 16.4. The van der Waals surface area contributed by atoms with E-state index in [-0.39, 0.29) is 17.5 Å². The van der Waals surface area contributed by atoms with Gasteiger partial charge in [0.1, 0.15) is 6.04 Å². The van der Waals surface area contributed by atoms with Gasteiger partial charge in [0.2, 0.25) is 0 Å². The molecule has 4 N–H and O–H groups in total. The van der Waals surface area contributed by atoms with Crippen molar-refractivity contribution in [2.24, 2.45) is 0 Å². The molecule has 1 heterocycles. The smallest absolute Gasteiger partial charge is 0.321 e. The van der Waals surface area contributed by atoms with Crippen molar-refractivity contribution in [2.75, 3.05) is 0 Å². The molecule has 0 bridgehead atoms. The molecule has 1 aliphatic heterocycles. The molecule has 16 heavy (non-hydrogen) atoms. The first kappa shape index (κ1) is 10.8. The van der Waals surface area contributed by atoms with Gasteiger partial charge in [0.05, 0.1) is 0 Å². The summed E-state index contributed by atoms with van der Waals surface area (Å²) in [4.78, 5) is 10.9. The number of carbonyl (C=O) groups is 1. The van der Waals surface area contributed by atoms with Gasteiger partial charge >= 0.3 is 5.97 Å². The number of phenols is 2. The quantitative estimate of drug-likeness (QED) is 0.528. The minimum Gasteiger partial charge on any atom is -0.504 e. The van der Waals surface area contributed by atoms with E-state index in [2.05, 4.69) is 5.32 Å².